The molecule has 1 rings (SSSR count). The van der Waals surface area contributed by atoms with Crippen LogP contribution in [0.3, 0.4) is 0 Å². The quantitative estimate of drug-likeness (QED) is 0.848. The summed E-state index contributed by atoms with van der Waals surface area (Å²) < 4.78 is 4.81. The first-order valence-electron chi connectivity index (χ1n) is 5.93. The van der Waals surface area contributed by atoms with Gasteiger partial charge in [0.25, 0.3) is 5.91 Å². The number of ether oxygens (including phenoxy) is 1. The van der Waals surface area contributed by atoms with Crippen molar-refractivity contribution in [3.8, 4) is 0 Å². The van der Waals surface area contributed by atoms with Crippen molar-refractivity contribution in [1.29, 1.82) is 0 Å². The minimum Gasteiger partial charge on any atom is -0.383 e. The van der Waals surface area contributed by atoms with Crippen molar-refractivity contribution < 1.29 is 14.3 Å². The summed E-state index contributed by atoms with van der Waals surface area (Å²) in [5.41, 5.74) is 6.39. The molecule has 0 radical (unpaired) electrons. The number of methoxy groups -OCH3 is 1. The van der Waals surface area contributed by atoms with Crippen molar-refractivity contribution in [1.82, 2.24) is 4.90 Å². The highest BCUT2D eigenvalue weighted by molar-refractivity contribution is 6.34. The van der Waals surface area contributed by atoms with Gasteiger partial charge in [-0.2, -0.15) is 0 Å². The van der Waals surface area contributed by atoms with Crippen molar-refractivity contribution in [2.75, 3.05) is 33.1 Å². The van der Waals surface area contributed by atoms with E-state index in [4.69, 9.17) is 22.1 Å². The minimum absolute atomic E-state index is 0.0970. The van der Waals surface area contributed by atoms with E-state index in [1.807, 2.05) is 0 Å². The van der Waals surface area contributed by atoms with Gasteiger partial charge in [-0.25, -0.2) is 0 Å². The first kappa shape index (κ1) is 16.4. The van der Waals surface area contributed by atoms with Gasteiger partial charge in [-0.1, -0.05) is 11.6 Å². The monoisotopic (exact) mass is 299 g/mol. The normalized spacial score (nSPS) is 11.8. The molecule has 1 unspecified atom stereocenters. The predicted octanol–water partition coefficient (Wildman–Crippen LogP) is 0.954. The third kappa shape index (κ3) is 4.19. The Labute approximate surface area is 122 Å². The molecule has 6 nitrogen and oxygen atoms in total. The zero-order valence-corrected chi connectivity index (χ0v) is 12.4. The Hall–Kier alpha value is -1.63. The van der Waals surface area contributed by atoms with Crippen molar-refractivity contribution in [3.63, 3.8) is 0 Å². The Kier molecular flexibility index (Phi) is 5.94. The Morgan fingerprint density at radius 2 is 2.10 bits per heavy atom. The highest BCUT2D eigenvalue weighted by Gasteiger charge is 2.16. The van der Waals surface area contributed by atoms with Gasteiger partial charge in [0.1, 0.15) is 6.04 Å². The van der Waals surface area contributed by atoms with E-state index in [9.17, 15) is 9.59 Å². The van der Waals surface area contributed by atoms with Crippen LogP contribution in [0.4, 0.5) is 5.69 Å². The van der Waals surface area contributed by atoms with Gasteiger partial charge in [0.05, 0.1) is 17.3 Å². The predicted molar refractivity (Wildman–Crippen MR) is 78.0 cm³/mol. The molecule has 0 heterocycles. The fraction of sp³-hybridized carbons (Fsp3) is 0.385. The Morgan fingerprint density at radius 1 is 1.45 bits per heavy atom. The first-order chi connectivity index (χ1) is 9.36. The lowest BCUT2D eigenvalue weighted by Gasteiger charge is -2.14. The van der Waals surface area contributed by atoms with Gasteiger partial charge in [-0.05, 0) is 18.2 Å². The van der Waals surface area contributed by atoms with Gasteiger partial charge >= 0.3 is 0 Å². The van der Waals surface area contributed by atoms with E-state index in [2.05, 4.69) is 5.32 Å². The molecule has 2 amide bonds. The molecule has 0 spiro atoms. The smallest absolute Gasteiger partial charge is 0.253 e. The van der Waals surface area contributed by atoms with Crippen molar-refractivity contribution in [2.24, 2.45) is 5.73 Å². The summed E-state index contributed by atoms with van der Waals surface area (Å²) in [6.45, 7) is 0.0970. The van der Waals surface area contributed by atoms with E-state index in [-0.39, 0.29) is 12.5 Å². The summed E-state index contributed by atoms with van der Waals surface area (Å²) >= 11 is 5.99. The largest absolute Gasteiger partial charge is 0.383 e. The Balaban J connectivity index is 2.92. The highest BCUT2D eigenvalue weighted by Crippen LogP contribution is 2.23. The molecule has 7 heteroatoms. The standard InChI is InChI=1S/C13H18ClN3O3/c1-17(2)13(19)8-4-5-9(14)11(6-8)16-12(18)10(15)7-20-3/h4-6,10H,7,15H2,1-3H3,(H,16,18). The number of hydrogen-bond acceptors (Lipinski definition) is 4. The van der Waals surface area contributed by atoms with E-state index in [1.165, 1.54) is 18.1 Å². The molecule has 0 aromatic heterocycles. The van der Waals surface area contributed by atoms with Gasteiger partial charge in [-0.15, -0.1) is 0 Å². The molecule has 3 N–H and O–H groups in total. The van der Waals surface area contributed by atoms with Crippen LogP contribution in [0.1, 0.15) is 10.4 Å². The number of rotatable bonds is 5. The second-order valence-corrected chi connectivity index (χ2v) is 4.85. The molecule has 0 aliphatic rings. The number of anilines is 1. The Bertz CT molecular complexity index is 506. The summed E-state index contributed by atoms with van der Waals surface area (Å²) in [6.07, 6.45) is 0. The zero-order chi connectivity index (χ0) is 15.3. The summed E-state index contributed by atoms with van der Waals surface area (Å²) in [5, 5.41) is 2.91. The molecular weight excluding hydrogens is 282 g/mol. The molecule has 110 valence electrons. The van der Waals surface area contributed by atoms with Gasteiger partial charge in [0.2, 0.25) is 5.91 Å². The SMILES string of the molecule is COCC(N)C(=O)Nc1cc(C(=O)N(C)C)ccc1Cl. The number of hydrogen-bond donors (Lipinski definition) is 2. The first-order valence-corrected chi connectivity index (χ1v) is 6.31. The molecule has 20 heavy (non-hydrogen) atoms. The number of carbonyl (C=O) groups is 2. The maximum Gasteiger partial charge on any atom is 0.253 e. The maximum absolute atomic E-state index is 11.9. The molecule has 0 bridgehead atoms. The summed E-state index contributed by atoms with van der Waals surface area (Å²) in [4.78, 5) is 25.1. The van der Waals surface area contributed by atoms with Gasteiger partial charge in [-0.3, -0.25) is 9.59 Å². The van der Waals surface area contributed by atoms with Crippen LogP contribution in [0, 0.1) is 0 Å². The third-order valence-corrected chi connectivity index (χ3v) is 2.89. The highest BCUT2D eigenvalue weighted by atomic mass is 35.5. The molecule has 1 aromatic carbocycles. The number of nitrogens with two attached hydrogens (primary N) is 1. The van der Waals surface area contributed by atoms with Gasteiger partial charge in [0.15, 0.2) is 0 Å². The number of nitrogens with one attached hydrogen (secondary N) is 1. The van der Waals surface area contributed by atoms with Crippen LogP contribution in [0.2, 0.25) is 5.02 Å². The van der Waals surface area contributed by atoms with Crippen LogP contribution >= 0.6 is 11.6 Å². The topological polar surface area (TPSA) is 84.7 Å². The zero-order valence-electron chi connectivity index (χ0n) is 11.6. The lowest BCUT2D eigenvalue weighted by atomic mass is 10.1. The second-order valence-electron chi connectivity index (χ2n) is 4.45. The lowest BCUT2D eigenvalue weighted by molar-refractivity contribution is -0.118. The fourth-order valence-corrected chi connectivity index (χ4v) is 1.66. The second kappa shape index (κ2) is 7.23. The molecular formula is C13H18ClN3O3. The van der Waals surface area contributed by atoms with Gasteiger partial charge < -0.3 is 20.7 Å². The van der Waals surface area contributed by atoms with E-state index in [0.717, 1.165) is 0 Å². The molecule has 0 aliphatic carbocycles. The number of carbonyl (C=O) groups excluding carboxylic acids is 2. The number of benzene rings is 1. The van der Waals surface area contributed by atoms with Crippen LogP contribution in [0.15, 0.2) is 18.2 Å². The van der Waals surface area contributed by atoms with Crippen molar-refractivity contribution in [3.05, 3.63) is 28.8 Å². The average molecular weight is 300 g/mol. The number of halogens is 1. The van der Waals surface area contributed by atoms with Crippen LogP contribution in [0.25, 0.3) is 0 Å². The van der Waals surface area contributed by atoms with Crippen LogP contribution in [-0.4, -0.2) is 50.6 Å². The molecule has 0 fully saturated rings. The van der Waals surface area contributed by atoms with Crippen LogP contribution in [-0.2, 0) is 9.53 Å². The average Bonchev–Trinajstić information content (AvgIpc) is 2.40. The molecule has 0 saturated carbocycles. The molecule has 1 aromatic rings. The minimum atomic E-state index is -0.802. The third-order valence-electron chi connectivity index (χ3n) is 2.56. The summed E-state index contributed by atoms with van der Waals surface area (Å²) in [7, 11) is 4.74. The van der Waals surface area contributed by atoms with E-state index in [0.29, 0.717) is 16.3 Å². The Morgan fingerprint density at radius 3 is 2.65 bits per heavy atom. The van der Waals surface area contributed by atoms with Crippen molar-refractivity contribution >= 4 is 29.1 Å². The van der Waals surface area contributed by atoms with Crippen LogP contribution in [0.5, 0.6) is 0 Å². The molecule has 1 atom stereocenters. The summed E-state index contributed by atoms with van der Waals surface area (Å²) in [5.74, 6) is -0.610. The molecule has 0 saturated heterocycles. The van der Waals surface area contributed by atoms with Gasteiger partial charge in [0, 0.05) is 26.8 Å². The van der Waals surface area contributed by atoms with Crippen molar-refractivity contribution in [2.45, 2.75) is 6.04 Å². The lowest BCUT2D eigenvalue weighted by Crippen LogP contribution is -2.39. The number of nitrogens with zero attached hydrogens (tertiary/aromatic N) is 1. The fourth-order valence-electron chi connectivity index (χ4n) is 1.49. The summed E-state index contributed by atoms with van der Waals surface area (Å²) in [6, 6.07) is 3.86. The van der Waals surface area contributed by atoms with E-state index < -0.39 is 11.9 Å². The molecule has 0 aliphatic heterocycles. The van der Waals surface area contributed by atoms with Crippen LogP contribution < -0.4 is 11.1 Å². The number of amides is 2. The van der Waals surface area contributed by atoms with E-state index >= 15 is 0 Å². The maximum atomic E-state index is 11.9. The van der Waals surface area contributed by atoms with E-state index in [1.54, 1.807) is 26.2 Å².